The number of aliphatic imine (C=N–C) groups is 1. The monoisotopic (exact) mass is 530 g/mol. The molecule has 0 saturated carbocycles. The summed E-state index contributed by atoms with van der Waals surface area (Å²) < 4.78 is 5.93. The van der Waals surface area contributed by atoms with E-state index in [0.717, 1.165) is 44.6 Å². The lowest BCUT2D eigenvalue weighted by Gasteiger charge is -2.36. The van der Waals surface area contributed by atoms with Crippen LogP contribution in [0, 0.1) is 0 Å². The van der Waals surface area contributed by atoms with E-state index in [9.17, 15) is 0 Å². The minimum atomic E-state index is -0.0763. The van der Waals surface area contributed by atoms with E-state index >= 15 is 0 Å². The number of anilines is 1. The van der Waals surface area contributed by atoms with E-state index in [1.165, 1.54) is 0 Å². The van der Waals surface area contributed by atoms with Crippen LogP contribution in [0.5, 0.6) is 5.75 Å². The minimum Gasteiger partial charge on any atom is -0.487 e. The maximum atomic E-state index is 6.17. The number of guanidine groups is 1. The van der Waals surface area contributed by atoms with Gasteiger partial charge >= 0.3 is 0 Å². The van der Waals surface area contributed by atoms with E-state index in [-0.39, 0.29) is 30.1 Å². The van der Waals surface area contributed by atoms with Crippen molar-refractivity contribution in [3.05, 3.63) is 47.7 Å². The summed E-state index contributed by atoms with van der Waals surface area (Å²) in [4.78, 5) is 17.9. The summed E-state index contributed by atoms with van der Waals surface area (Å²) in [5, 5.41) is 4.00. The number of halogens is 2. The summed E-state index contributed by atoms with van der Waals surface area (Å²) in [6.45, 7) is 8.90. The second-order valence-electron chi connectivity index (χ2n) is 6.58. The summed E-state index contributed by atoms with van der Waals surface area (Å²) >= 11 is 6.17. The average Bonchev–Trinajstić information content (AvgIpc) is 2.73. The number of rotatable bonds is 6. The summed E-state index contributed by atoms with van der Waals surface area (Å²) in [7, 11) is 0. The van der Waals surface area contributed by atoms with Crippen LogP contribution in [0.15, 0.2) is 47.7 Å². The third-order valence-electron chi connectivity index (χ3n) is 4.41. The molecule has 0 radical (unpaired) electrons. The number of nitrogens with zero attached hydrogens (tertiary/aromatic N) is 5. The summed E-state index contributed by atoms with van der Waals surface area (Å²) in [5.41, 5.74) is 0. The average molecular weight is 531 g/mol. The fraction of sp³-hybridized carbons (Fsp3) is 0.450. The van der Waals surface area contributed by atoms with Crippen molar-refractivity contribution in [1.29, 1.82) is 0 Å². The highest BCUT2D eigenvalue weighted by Crippen LogP contribution is 2.24. The van der Waals surface area contributed by atoms with E-state index in [1.54, 1.807) is 12.4 Å². The van der Waals surface area contributed by atoms with Crippen molar-refractivity contribution in [2.75, 3.05) is 44.2 Å². The largest absolute Gasteiger partial charge is 0.487 e. The normalized spacial score (nSPS) is 15.5. The molecule has 1 aliphatic rings. The van der Waals surface area contributed by atoms with E-state index in [4.69, 9.17) is 21.3 Å². The predicted molar refractivity (Wildman–Crippen MR) is 129 cm³/mol. The Morgan fingerprint density at radius 3 is 2.52 bits per heavy atom. The Labute approximate surface area is 194 Å². The highest BCUT2D eigenvalue weighted by atomic mass is 127. The van der Waals surface area contributed by atoms with Gasteiger partial charge in [-0.15, -0.1) is 24.0 Å². The number of nitrogens with one attached hydrogen (secondary N) is 1. The Balaban J connectivity index is 0.00000300. The van der Waals surface area contributed by atoms with Gasteiger partial charge in [0.15, 0.2) is 5.96 Å². The van der Waals surface area contributed by atoms with Crippen molar-refractivity contribution in [3.63, 3.8) is 0 Å². The van der Waals surface area contributed by atoms with E-state index < -0.39 is 0 Å². The molecule has 0 aliphatic carbocycles. The topological polar surface area (TPSA) is 65.9 Å². The van der Waals surface area contributed by atoms with Crippen LogP contribution in [-0.2, 0) is 0 Å². The maximum absolute atomic E-state index is 6.17. The van der Waals surface area contributed by atoms with Gasteiger partial charge in [-0.3, -0.25) is 0 Å². The molecule has 1 aromatic heterocycles. The number of piperazine rings is 1. The molecule has 1 saturated heterocycles. The Morgan fingerprint density at radius 2 is 1.86 bits per heavy atom. The molecule has 1 N–H and O–H groups in total. The van der Waals surface area contributed by atoms with Gasteiger partial charge in [-0.25, -0.2) is 15.0 Å². The Kier molecular flexibility index (Phi) is 9.72. The highest BCUT2D eigenvalue weighted by Gasteiger charge is 2.21. The first-order valence-electron chi connectivity index (χ1n) is 9.63. The van der Waals surface area contributed by atoms with Gasteiger partial charge in [0.05, 0.1) is 11.6 Å². The van der Waals surface area contributed by atoms with Crippen LogP contribution in [-0.4, -0.2) is 66.2 Å². The zero-order valence-electron chi connectivity index (χ0n) is 16.8. The first-order chi connectivity index (χ1) is 13.7. The van der Waals surface area contributed by atoms with Crippen molar-refractivity contribution < 1.29 is 4.74 Å². The molecule has 0 bridgehead atoms. The number of ether oxygens (including phenoxy) is 1. The van der Waals surface area contributed by atoms with Crippen LogP contribution in [0.3, 0.4) is 0 Å². The second kappa shape index (κ2) is 12.0. The third kappa shape index (κ3) is 6.88. The smallest absolute Gasteiger partial charge is 0.225 e. The molecule has 1 atom stereocenters. The number of aromatic nitrogens is 2. The molecule has 7 nitrogen and oxygen atoms in total. The molecule has 29 heavy (non-hydrogen) atoms. The first kappa shape index (κ1) is 23.5. The Bertz CT molecular complexity index is 771. The van der Waals surface area contributed by atoms with E-state index in [1.807, 2.05) is 37.3 Å². The maximum Gasteiger partial charge on any atom is 0.225 e. The SMILES string of the molecule is CCNC(=NCC(C)Oc1ccccc1Cl)N1CCN(c2ncccn2)CC1.I. The summed E-state index contributed by atoms with van der Waals surface area (Å²) in [5.74, 6) is 2.38. The van der Waals surface area contributed by atoms with Gasteiger partial charge in [0.2, 0.25) is 5.95 Å². The molecule has 9 heteroatoms. The number of para-hydroxylation sites is 1. The van der Waals surface area contributed by atoms with Crippen molar-refractivity contribution in [2.24, 2.45) is 4.99 Å². The lowest BCUT2D eigenvalue weighted by atomic mass is 10.3. The molecule has 2 aromatic rings. The summed E-state index contributed by atoms with van der Waals surface area (Å²) in [6, 6.07) is 9.34. The standard InChI is InChI=1S/C20H27ClN6O.HI/c1-3-22-19(25-15-16(2)28-18-8-5-4-7-17(18)21)26-11-13-27(14-12-26)20-23-9-6-10-24-20;/h4-10,16H,3,11-15H2,1-2H3,(H,22,25);1H. The zero-order chi connectivity index (χ0) is 19.8. The van der Waals surface area contributed by atoms with Gasteiger partial charge < -0.3 is 19.9 Å². The minimum absolute atomic E-state index is 0. The van der Waals surface area contributed by atoms with Crippen LogP contribution in [0.1, 0.15) is 13.8 Å². The fourth-order valence-electron chi connectivity index (χ4n) is 3.01. The van der Waals surface area contributed by atoms with Gasteiger partial charge in [0, 0.05) is 45.1 Å². The van der Waals surface area contributed by atoms with Crippen LogP contribution < -0.4 is 15.0 Å². The molecular weight excluding hydrogens is 503 g/mol. The van der Waals surface area contributed by atoms with Crippen LogP contribution in [0.25, 0.3) is 0 Å². The Morgan fingerprint density at radius 1 is 1.17 bits per heavy atom. The molecule has 1 fully saturated rings. The summed E-state index contributed by atoms with van der Waals surface area (Å²) in [6.07, 6.45) is 3.48. The molecule has 1 unspecified atom stereocenters. The fourth-order valence-corrected chi connectivity index (χ4v) is 3.19. The molecule has 2 heterocycles. The number of hydrogen-bond donors (Lipinski definition) is 1. The van der Waals surface area contributed by atoms with E-state index in [2.05, 4.69) is 32.0 Å². The van der Waals surface area contributed by atoms with Crippen molar-refractivity contribution in [1.82, 2.24) is 20.2 Å². The van der Waals surface area contributed by atoms with Crippen LogP contribution in [0.2, 0.25) is 5.02 Å². The second-order valence-corrected chi connectivity index (χ2v) is 6.98. The molecule has 0 spiro atoms. The van der Waals surface area contributed by atoms with Gasteiger partial charge in [-0.2, -0.15) is 0 Å². The molecule has 1 aromatic carbocycles. The Hall–Kier alpha value is -1.81. The number of hydrogen-bond acceptors (Lipinski definition) is 5. The molecule has 3 rings (SSSR count). The van der Waals surface area contributed by atoms with Crippen LogP contribution >= 0.6 is 35.6 Å². The molecule has 1 aliphatic heterocycles. The van der Waals surface area contributed by atoms with Crippen molar-refractivity contribution in [3.8, 4) is 5.75 Å². The third-order valence-corrected chi connectivity index (χ3v) is 4.72. The molecular formula is C20H28ClIN6O. The first-order valence-corrected chi connectivity index (χ1v) is 10.0. The van der Waals surface area contributed by atoms with Crippen LogP contribution in [0.4, 0.5) is 5.95 Å². The van der Waals surface area contributed by atoms with Gasteiger partial charge in [0.1, 0.15) is 11.9 Å². The lowest BCUT2D eigenvalue weighted by molar-refractivity contribution is 0.229. The zero-order valence-corrected chi connectivity index (χ0v) is 19.9. The molecule has 0 amide bonds. The number of benzene rings is 1. The predicted octanol–water partition coefficient (Wildman–Crippen LogP) is 3.30. The van der Waals surface area contributed by atoms with Gasteiger partial charge in [-0.1, -0.05) is 23.7 Å². The molecule has 158 valence electrons. The van der Waals surface area contributed by atoms with Gasteiger partial charge in [-0.05, 0) is 32.0 Å². The lowest BCUT2D eigenvalue weighted by Crippen LogP contribution is -2.53. The van der Waals surface area contributed by atoms with Crippen molar-refractivity contribution in [2.45, 2.75) is 20.0 Å². The van der Waals surface area contributed by atoms with E-state index in [0.29, 0.717) is 17.3 Å². The quantitative estimate of drug-likeness (QED) is 0.351. The highest BCUT2D eigenvalue weighted by molar-refractivity contribution is 14.0. The van der Waals surface area contributed by atoms with Gasteiger partial charge in [0.25, 0.3) is 0 Å². The van der Waals surface area contributed by atoms with Crippen molar-refractivity contribution >= 4 is 47.5 Å².